The van der Waals surface area contributed by atoms with Gasteiger partial charge in [-0.3, -0.25) is 9.79 Å². The molecule has 1 aliphatic rings. The SMILES string of the molecule is CCNC(=NCC(CCO)CC(C)C)N1CCN(C(=O)c2ccco2)CC1. The molecule has 1 unspecified atom stereocenters. The quantitative estimate of drug-likeness (QED) is 0.534. The average Bonchev–Trinajstić information content (AvgIpc) is 3.19. The average molecular weight is 379 g/mol. The first-order valence-electron chi connectivity index (χ1n) is 10.0. The molecule has 7 nitrogen and oxygen atoms in total. The third-order valence-corrected chi connectivity index (χ3v) is 4.77. The number of amides is 1. The van der Waals surface area contributed by atoms with Crippen molar-refractivity contribution in [3.63, 3.8) is 0 Å². The first-order chi connectivity index (χ1) is 13.0. The van der Waals surface area contributed by atoms with Crippen LogP contribution in [0.4, 0.5) is 0 Å². The number of piperazine rings is 1. The zero-order valence-corrected chi connectivity index (χ0v) is 16.9. The number of furan rings is 1. The molecule has 2 rings (SSSR count). The minimum atomic E-state index is -0.0541. The molecule has 1 atom stereocenters. The van der Waals surface area contributed by atoms with Crippen LogP contribution >= 0.6 is 0 Å². The Balaban J connectivity index is 1.93. The zero-order valence-electron chi connectivity index (χ0n) is 16.9. The second kappa shape index (κ2) is 11.0. The molecule has 0 spiro atoms. The van der Waals surface area contributed by atoms with Crippen LogP contribution in [-0.4, -0.2) is 72.6 Å². The van der Waals surface area contributed by atoms with E-state index >= 15 is 0 Å². The number of nitrogens with zero attached hydrogens (tertiary/aromatic N) is 3. The van der Waals surface area contributed by atoms with Gasteiger partial charge >= 0.3 is 0 Å². The summed E-state index contributed by atoms with van der Waals surface area (Å²) in [6.07, 6.45) is 3.38. The fraction of sp³-hybridized carbons (Fsp3) is 0.700. The molecule has 2 N–H and O–H groups in total. The fourth-order valence-electron chi connectivity index (χ4n) is 3.45. The third kappa shape index (κ3) is 6.57. The Morgan fingerprint density at radius 1 is 1.30 bits per heavy atom. The molecule has 7 heteroatoms. The molecule has 1 amide bonds. The van der Waals surface area contributed by atoms with E-state index in [-0.39, 0.29) is 12.5 Å². The summed E-state index contributed by atoms with van der Waals surface area (Å²) in [4.78, 5) is 21.3. The van der Waals surface area contributed by atoms with Crippen molar-refractivity contribution >= 4 is 11.9 Å². The van der Waals surface area contributed by atoms with Gasteiger partial charge in [0.2, 0.25) is 0 Å². The van der Waals surface area contributed by atoms with Crippen molar-refractivity contribution in [3.05, 3.63) is 24.2 Å². The van der Waals surface area contributed by atoms with Crippen LogP contribution in [0.5, 0.6) is 0 Å². The molecule has 1 saturated heterocycles. The summed E-state index contributed by atoms with van der Waals surface area (Å²) >= 11 is 0. The third-order valence-electron chi connectivity index (χ3n) is 4.77. The Labute approximate surface area is 162 Å². The predicted octanol–water partition coefficient (Wildman–Crippen LogP) is 2.05. The van der Waals surface area contributed by atoms with Crippen molar-refractivity contribution in [1.29, 1.82) is 0 Å². The summed E-state index contributed by atoms with van der Waals surface area (Å²) in [6, 6.07) is 3.44. The number of carbonyl (C=O) groups excluding carboxylic acids is 1. The van der Waals surface area contributed by atoms with Gasteiger partial charge < -0.3 is 24.6 Å². The van der Waals surface area contributed by atoms with E-state index in [4.69, 9.17) is 9.41 Å². The second-order valence-corrected chi connectivity index (χ2v) is 7.46. The van der Waals surface area contributed by atoms with Gasteiger partial charge in [0.15, 0.2) is 11.7 Å². The lowest BCUT2D eigenvalue weighted by molar-refractivity contribution is 0.0657. The predicted molar refractivity (Wildman–Crippen MR) is 107 cm³/mol. The van der Waals surface area contributed by atoms with Gasteiger partial charge in [0.1, 0.15) is 0 Å². The van der Waals surface area contributed by atoms with Crippen LogP contribution in [0.25, 0.3) is 0 Å². The number of aliphatic hydroxyl groups excluding tert-OH is 1. The van der Waals surface area contributed by atoms with E-state index in [0.29, 0.717) is 37.2 Å². The van der Waals surface area contributed by atoms with Crippen LogP contribution in [0.3, 0.4) is 0 Å². The fourth-order valence-corrected chi connectivity index (χ4v) is 3.45. The number of guanidine groups is 1. The molecule has 0 aromatic carbocycles. The number of nitrogens with one attached hydrogen (secondary N) is 1. The standard InChI is InChI=1S/C20H34N4O3/c1-4-21-20(22-15-17(7-12-25)14-16(2)3)24-10-8-23(9-11-24)19(26)18-6-5-13-27-18/h5-6,13,16-17,25H,4,7-12,14-15H2,1-3H3,(H,21,22). The number of aliphatic hydroxyl groups is 1. The minimum absolute atomic E-state index is 0.0541. The van der Waals surface area contributed by atoms with Crippen LogP contribution in [0.1, 0.15) is 44.2 Å². The van der Waals surface area contributed by atoms with Gasteiger partial charge in [-0.05, 0) is 43.7 Å². The van der Waals surface area contributed by atoms with Gasteiger partial charge in [-0.15, -0.1) is 0 Å². The number of hydrogen-bond donors (Lipinski definition) is 2. The summed E-state index contributed by atoms with van der Waals surface area (Å²) < 4.78 is 5.22. The van der Waals surface area contributed by atoms with Crippen LogP contribution in [0.2, 0.25) is 0 Å². The summed E-state index contributed by atoms with van der Waals surface area (Å²) in [7, 11) is 0. The van der Waals surface area contributed by atoms with Gasteiger partial charge in [0, 0.05) is 45.9 Å². The molecule has 1 aliphatic heterocycles. The zero-order chi connectivity index (χ0) is 19.6. The van der Waals surface area contributed by atoms with E-state index in [2.05, 4.69) is 31.0 Å². The van der Waals surface area contributed by atoms with Gasteiger partial charge in [-0.25, -0.2) is 0 Å². The van der Waals surface area contributed by atoms with Crippen LogP contribution in [-0.2, 0) is 0 Å². The molecule has 0 radical (unpaired) electrons. The van der Waals surface area contributed by atoms with E-state index in [9.17, 15) is 9.90 Å². The minimum Gasteiger partial charge on any atom is -0.459 e. The molecule has 1 fully saturated rings. The van der Waals surface area contributed by atoms with E-state index in [1.807, 2.05) is 4.90 Å². The maximum absolute atomic E-state index is 12.4. The molecular weight excluding hydrogens is 344 g/mol. The summed E-state index contributed by atoms with van der Waals surface area (Å²) in [5, 5.41) is 12.7. The van der Waals surface area contributed by atoms with Gasteiger partial charge in [-0.2, -0.15) is 0 Å². The highest BCUT2D eigenvalue weighted by Gasteiger charge is 2.25. The monoisotopic (exact) mass is 378 g/mol. The summed E-state index contributed by atoms with van der Waals surface area (Å²) in [5.74, 6) is 2.22. The number of rotatable bonds is 8. The lowest BCUT2D eigenvalue weighted by Crippen LogP contribution is -2.53. The Kier molecular flexibility index (Phi) is 8.64. The first kappa shape index (κ1) is 21.3. The van der Waals surface area contributed by atoms with Crippen LogP contribution in [0.15, 0.2) is 27.8 Å². The molecule has 0 aliphatic carbocycles. The van der Waals surface area contributed by atoms with Gasteiger partial charge in [-0.1, -0.05) is 13.8 Å². The first-order valence-corrected chi connectivity index (χ1v) is 10.0. The molecular formula is C20H34N4O3. The Bertz CT molecular complexity index is 578. The highest BCUT2D eigenvalue weighted by Crippen LogP contribution is 2.16. The Morgan fingerprint density at radius 3 is 2.56 bits per heavy atom. The van der Waals surface area contributed by atoms with Crippen molar-refractivity contribution in [2.75, 3.05) is 45.9 Å². The van der Waals surface area contributed by atoms with E-state index in [1.165, 1.54) is 6.26 Å². The molecule has 1 aromatic heterocycles. The Morgan fingerprint density at radius 2 is 2.00 bits per heavy atom. The smallest absolute Gasteiger partial charge is 0.289 e. The number of carbonyl (C=O) groups is 1. The largest absolute Gasteiger partial charge is 0.459 e. The van der Waals surface area contributed by atoms with Gasteiger partial charge in [0.05, 0.1) is 6.26 Å². The summed E-state index contributed by atoms with van der Waals surface area (Å²) in [6.45, 7) is 11.0. The molecule has 1 aromatic rings. The lowest BCUT2D eigenvalue weighted by atomic mass is 9.94. The van der Waals surface area contributed by atoms with Crippen LogP contribution in [0, 0.1) is 11.8 Å². The van der Waals surface area contributed by atoms with E-state index in [0.717, 1.165) is 38.4 Å². The number of aliphatic imine (C=N–C) groups is 1. The van der Waals surface area contributed by atoms with Crippen molar-refractivity contribution in [2.45, 2.75) is 33.6 Å². The topological polar surface area (TPSA) is 81.3 Å². The second-order valence-electron chi connectivity index (χ2n) is 7.46. The van der Waals surface area contributed by atoms with E-state index < -0.39 is 0 Å². The number of hydrogen-bond acceptors (Lipinski definition) is 4. The van der Waals surface area contributed by atoms with Crippen molar-refractivity contribution < 1.29 is 14.3 Å². The molecule has 0 bridgehead atoms. The van der Waals surface area contributed by atoms with Crippen molar-refractivity contribution in [2.24, 2.45) is 16.8 Å². The molecule has 27 heavy (non-hydrogen) atoms. The Hall–Kier alpha value is -2.02. The van der Waals surface area contributed by atoms with Crippen LogP contribution < -0.4 is 5.32 Å². The lowest BCUT2D eigenvalue weighted by Gasteiger charge is -2.36. The highest BCUT2D eigenvalue weighted by atomic mass is 16.3. The maximum Gasteiger partial charge on any atom is 0.289 e. The molecule has 152 valence electrons. The van der Waals surface area contributed by atoms with Gasteiger partial charge in [0.25, 0.3) is 5.91 Å². The van der Waals surface area contributed by atoms with Crippen molar-refractivity contribution in [3.8, 4) is 0 Å². The summed E-state index contributed by atoms with van der Waals surface area (Å²) in [5.41, 5.74) is 0. The van der Waals surface area contributed by atoms with E-state index in [1.54, 1.807) is 12.1 Å². The normalized spacial score (nSPS) is 16.7. The molecule has 2 heterocycles. The van der Waals surface area contributed by atoms with Crippen molar-refractivity contribution in [1.82, 2.24) is 15.1 Å². The molecule has 0 saturated carbocycles. The highest BCUT2D eigenvalue weighted by molar-refractivity contribution is 5.91. The maximum atomic E-state index is 12.4.